The SMILES string of the molecule is O=C(NCc1ncc(-c2ccccc2)o1)c1cccc(F)c1. The lowest BCUT2D eigenvalue weighted by Gasteiger charge is -2.02. The Bertz CT molecular complexity index is 784. The summed E-state index contributed by atoms with van der Waals surface area (Å²) in [6, 6.07) is 15.1. The summed E-state index contributed by atoms with van der Waals surface area (Å²) < 4.78 is 18.7. The maximum Gasteiger partial charge on any atom is 0.251 e. The molecule has 1 aromatic heterocycles. The quantitative estimate of drug-likeness (QED) is 0.802. The molecule has 3 aromatic rings. The van der Waals surface area contributed by atoms with Gasteiger partial charge in [-0.3, -0.25) is 4.79 Å². The van der Waals surface area contributed by atoms with Crippen molar-refractivity contribution in [3.05, 3.63) is 78.1 Å². The van der Waals surface area contributed by atoms with Gasteiger partial charge in [0.05, 0.1) is 12.7 Å². The van der Waals surface area contributed by atoms with Crippen molar-refractivity contribution in [3.63, 3.8) is 0 Å². The van der Waals surface area contributed by atoms with E-state index in [1.54, 1.807) is 12.3 Å². The van der Waals surface area contributed by atoms with Crippen LogP contribution in [0.15, 0.2) is 65.2 Å². The molecule has 0 atom stereocenters. The molecule has 0 unspecified atom stereocenters. The smallest absolute Gasteiger partial charge is 0.251 e. The Balaban J connectivity index is 1.65. The van der Waals surface area contributed by atoms with Crippen molar-refractivity contribution in [2.75, 3.05) is 0 Å². The number of nitrogens with one attached hydrogen (secondary N) is 1. The van der Waals surface area contributed by atoms with Crippen LogP contribution in [0.3, 0.4) is 0 Å². The summed E-state index contributed by atoms with van der Waals surface area (Å²) >= 11 is 0. The fourth-order valence-electron chi connectivity index (χ4n) is 2.02. The van der Waals surface area contributed by atoms with Gasteiger partial charge in [0, 0.05) is 11.1 Å². The topological polar surface area (TPSA) is 55.1 Å². The van der Waals surface area contributed by atoms with Crippen LogP contribution in [0.5, 0.6) is 0 Å². The molecule has 0 fully saturated rings. The van der Waals surface area contributed by atoms with E-state index in [0.717, 1.165) is 5.56 Å². The third kappa shape index (κ3) is 3.20. The Morgan fingerprint density at radius 1 is 1.14 bits per heavy atom. The van der Waals surface area contributed by atoms with Gasteiger partial charge < -0.3 is 9.73 Å². The molecule has 0 aliphatic carbocycles. The predicted octanol–water partition coefficient (Wildman–Crippen LogP) is 3.41. The third-order valence-electron chi connectivity index (χ3n) is 3.10. The average molecular weight is 296 g/mol. The molecule has 0 aliphatic heterocycles. The molecule has 5 heteroatoms. The first-order valence-electron chi connectivity index (χ1n) is 6.76. The molecular formula is C17H13FN2O2. The number of carbonyl (C=O) groups excluding carboxylic acids is 1. The molecule has 1 heterocycles. The molecule has 22 heavy (non-hydrogen) atoms. The summed E-state index contributed by atoms with van der Waals surface area (Å²) in [6.07, 6.45) is 1.61. The van der Waals surface area contributed by atoms with Gasteiger partial charge in [-0.1, -0.05) is 36.4 Å². The van der Waals surface area contributed by atoms with Crippen LogP contribution in [0.25, 0.3) is 11.3 Å². The van der Waals surface area contributed by atoms with Crippen LogP contribution in [0.2, 0.25) is 0 Å². The van der Waals surface area contributed by atoms with Crippen molar-refractivity contribution < 1.29 is 13.6 Å². The number of rotatable bonds is 4. The van der Waals surface area contributed by atoms with Crippen molar-refractivity contribution in [1.29, 1.82) is 0 Å². The first-order valence-corrected chi connectivity index (χ1v) is 6.76. The highest BCUT2D eigenvalue weighted by atomic mass is 19.1. The van der Waals surface area contributed by atoms with E-state index in [1.807, 2.05) is 30.3 Å². The second-order valence-corrected chi connectivity index (χ2v) is 4.68. The molecular weight excluding hydrogens is 283 g/mol. The lowest BCUT2D eigenvalue weighted by Crippen LogP contribution is -2.22. The largest absolute Gasteiger partial charge is 0.439 e. The number of amides is 1. The van der Waals surface area contributed by atoms with E-state index in [4.69, 9.17) is 4.42 Å². The molecule has 0 radical (unpaired) electrons. The minimum Gasteiger partial charge on any atom is -0.439 e. The minimum atomic E-state index is -0.449. The molecule has 3 rings (SSSR count). The van der Waals surface area contributed by atoms with Crippen molar-refractivity contribution in [2.45, 2.75) is 6.54 Å². The Hall–Kier alpha value is -2.95. The average Bonchev–Trinajstić information content (AvgIpc) is 3.02. The van der Waals surface area contributed by atoms with Gasteiger partial charge in [0.15, 0.2) is 5.76 Å². The minimum absolute atomic E-state index is 0.141. The lowest BCUT2D eigenvalue weighted by molar-refractivity contribution is 0.0947. The number of carbonyl (C=O) groups is 1. The van der Waals surface area contributed by atoms with Gasteiger partial charge in [0.1, 0.15) is 5.82 Å². The molecule has 0 saturated heterocycles. The van der Waals surface area contributed by atoms with Gasteiger partial charge in [-0.15, -0.1) is 0 Å². The highest BCUT2D eigenvalue weighted by Crippen LogP contribution is 2.19. The van der Waals surface area contributed by atoms with Crippen LogP contribution < -0.4 is 5.32 Å². The van der Waals surface area contributed by atoms with Crippen molar-refractivity contribution in [1.82, 2.24) is 10.3 Å². The van der Waals surface area contributed by atoms with Crippen LogP contribution in [0.1, 0.15) is 16.2 Å². The van der Waals surface area contributed by atoms with Crippen LogP contribution in [0.4, 0.5) is 4.39 Å². The third-order valence-corrected chi connectivity index (χ3v) is 3.10. The summed E-state index contributed by atoms with van der Waals surface area (Å²) in [5.74, 6) is 0.202. The Morgan fingerprint density at radius 3 is 2.73 bits per heavy atom. The number of aromatic nitrogens is 1. The van der Waals surface area contributed by atoms with Crippen LogP contribution in [-0.2, 0) is 6.54 Å². The van der Waals surface area contributed by atoms with E-state index < -0.39 is 5.82 Å². The first kappa shape index (κ1) is 14.0. The fourth-order valence-corrected chi connectivity index (χ4v) is 2.02. The van der Waals surface area contributed by atoms with E-state index >= 15 is 0 Å². The Kier molecular flexibility index (Phi) is 3.96. The summed E-state index contributed by atoms with van der Waals surface area (Å²) in [5.41, 5.74) is 1.17. The van der Waals surface area contributed by atoms with Crippen LogP contribution >= 0.6 is 0 Å². The molecule has 110 valence electrons. The first-order chi connectivity index (χ1) is 10.7. The molecule has 0 saturated carbocycles. The molecule has 2 aromatic carbocycles. The van der Waals surface area contributed by atoms with Gasteiger partial charge in [0.2, 0.25) is 5.89 Å². The highest BCUT2D eigenvalue weighted by Gasteiger charge is 2.09. The second kappa shape index (κ2) is 6.22. The summed E-state index contributed by atoms with van der Waals surface area (Å²) in [5, 5.41) is 2.65. The summed E-state index contributed by atoms with van der Waals surface area (Å²) in [6.45, 7) is 0.141. The van der Waals surface area contributed by atoms with Crippen LogP contribution in [0, 0.1) is 5.82 Å². The molecule has 1 N–H and O–H groups in total. The van der Waals surface area contributed by atoms with Crippen molar-refractivity contribution in [2.24, 2.45) is 0 Å². The van der Waals surface area contributed by atoms with Gasteiger partial charge in [-0.25, -0.2) is 9.37 Å². The van der Waals surface area contributed by atoms with Gasteiger partial charge in [0.25, 0.3) is 5.91 Å². The van der Waals surface area contributed by atoms with E-state index in [0.29, 0.717) is 11.7 Å². The molecule has 0 aliphatic rings. The van der Waals surface area contributed by atoms with E-state index in [9.17, 15) is 9.18 Å². The van der Waals surface area contributed by atoms with Crippen molar-refractivity contribution in [3.8, 4) is 11.3 Å². The Morgan fingerprint density at radius 2 is 1.95 bits per heavy atom. The van der Waals surface area contributed by atoms with Gasteiger partial charge in [-0.05, 0) is 18.2 Å². The lowest BCUT2D eigenvalue weighted by atomic mass is 10.2. The molecule has 0 bridgehead atoms. The zero-order chi connectivity index (χ0) is 15.4. The summed E-state index contributed by atoms with van der Waals surface area (Å²) in [7, 11) is 0. The predicted molar refractivity (Wildman–Crippen MR) is 79.5 cm³/mol. The zero-order valence-corrected chi connectivity index (χ0v) is 11.6. The van der Waals surface area contributed by atoms with Crippen LogP contribution in [-0.4, -0.2) is 10.9 Å². The standard InChI is InChI=1S/C17H13FN2O2/c18-14-8-4-7-13(9-14)17(21)20-11-16-19-10-15(22-16)12-5-2-1-3-6-12/h1-10H,11H2,(H,20,21). The molecule has 4 nitrogen and oxygen atoms in total. The normalized spacial score (nSPS) is 10.4. The van der Waals surface area contributed by atoms with Crippen molar-refractivity contribution >= 4 is 5.91 Å². The van der Waals surface area contributed by atoms with E-state index in [2.05, 4.69) is 10.3 Å². The molecule has 1 amide bonds. The number of hydrogen-bond acceptors (Lipinski definition) is 3. The van der Waals surface area contributed by atoms with Gasteiger partial charge in [-0.2, -0.15) is 0 Å². The monoisotopic (exact) mass is 296 g/mol. The molecule has 0 spiro atoms. The maximum atomic E-state index is 13.1. The fraction of sp³-hybridized carbons (Fsp3) is 0.0588. The number of halogens is 1. The Labute approximate surface area is 126 Å². The van der Waals surface area contributed by atoms with E-state index in [-0.39, 0.29) is 18.0 Å². The van der Waals surface area contributed by atoms with E-state index in [1.165, 1.54) is 18.2 Å². The number of hydrogen-bond donors (Lipinski definition) is 1. The van der Waals surface area contributed by atoms with Gasteiger partial charge >= 0.3 is 0 Å². The zero-order valence-electron chi connectivity index (χ0n) is 11.6. The number of benzene rings is 2. The maximum absolute atomic E-state index is 13.1. The second-order valence-electron chi connectivity index (χ2n) is 4.68. The highest BCUT2D eigenvalue weighted by molar-refractivity contribution is 5.94. The number of nitrogens with zero attached hydrogens (tertiary/aromatic N) is 1. The number of oxazole rings is 1. The summed E-state index contributed by atoms with van der Waals surface area (Å²) in [4.78, 5) is 16.0.